The van der Waals surface area contributed by atoms with E-state index < -0.39 is 0 Å². The number of carbonyl (C=O) groups is 1. The van der Waals surface area contributed by atoms with E-state index in [2.05, 4.69) is 21.2 Å². The lowest BCUT2D eigenvalue weighted by atomic mass is 10.0. The van der Waals surface area contributed by atoms with Gasteiger partial charge in [-0.15, -0.1) is 0 Å². The minimum atomic E-state index is -0.00664. The number of hydrogen-bond acceptors (Lipinski definition) is 2. The lowest BCUT2D eigenvalue weighted by Gasteiger charge is -2.26. The second-order valence-corrected chi connectivity index (χ2v) is 4.49. The van der Waals surface area contributed by atoms with Crippen molar-refractivity contribution in [1.82, 2.24) is 5.32 Å². The normalized spacial score (nSPS) is 18.9. The maximum absolute atomic E-state index is 11.0. The van der Waals surface area contributed by atoms with Crippen molar-refractivity contribution in [1.29, 1.82) is 0 Å². The Bertz CT molecular complexity index is 392. The van der Waals surface area contributed by atoms with Gasteiger partial charge < -0.3 is 10.1 Å². The monoisotopic (exact) mass is 269 g/mol. The van der Waals surface area contributed by atoms with E-state index in [0.29, 0.717) is 6.61 Å². The van der Waals surface area contributed by atoms with Gasteiger partial charge in [0.1, 0.15) is 5.75 Å². The Morgan fingerprint density at radius 2 is 2.40 bits per heavy atom. The van der Waals surface area contributed by atoms with E-state index >= 15 is 0 Å². The van der Waals surface area contributed by atoms with Gasteiger partial charge in [-0.3, -0.25) is 4.79 Å². The molecule has 0 saturated heterocycles. The van der Waals surface area contributed by atoms with E-state index in [9.17, 15) is 4.79 Å². The first-order chi connectivity index (χ1) is 7.16. The largest absolute Gasteiger partial charge is 0.493 e. The quantitative estimate of drug-likeness (QED) is 0.851. The van der Waals surface area contributed by atoms with Gasteiger partial charge in [0.15, 0.2) is 0 Å². The van der Waals surface area contributed by atoms with Crippen LogP contribution in [-0.2, 0) is 4.79 Å². The average Bonchev–Trinajstić information content (AvgIpc) is 2.18. The summed E-state index contributed by atoms with van der Waals surface area (Å²) in [6, 6.07) is 5.93. The van der Waals surface area contributed by atoms with Crippen LogP contribution in [0.5, 0.6) is 5.75 Å². The van der Waals surface area contributed by atoms with Gasteiger partial charge in [0.05, 0.1) is 12.6 Å². The van der Waals surface area contributed by atoms with E-state index in [-0.39, 0.29) is 11.9 Å². The van der Waals surface area contributed by atoms with Gasteiger partial charge in [-0.25, -0.2) is 0 Å². The highest BCUT2D eigenvalue weighted by Crippen LogP contribution is 2.33. The minimum absolute atomic E-state index is 0.00664. The molecule has 0 aromatic heterocycles. The van der Waals surface area contributed by atoms with E-state index in [1.54, 1.807) is 0 Å². The molecule has 0 radical (unpaired) electrons. The van der Waals surface area contributed by atoms with Crippen LogP contribution in [-0.4, -0.2) is 12.5 Å². The molecule has 1 unspecified atom stereocenters. The van der Waals surface area contributed by atoms with Crippen LogP contribution in [0.3, 0.4) is 0 Å². The Morgan fingerprint density at radius 1 is 1.60 bits per heavy atom. The second kappa shape index (κ2) is 4.23. The first kappa shape index (κ1) is 10.5. The maximum Gasteiger partial charge on any atom is 0.217 e. The Morgan fingerprint density at radius 3 is 3.13 bits per heavy atom. The van der Waals surface area contributed by atoms with Gasteiger partial charge in [-0.1, -0.05) is 15.9 Å². The molecule has 1 heterocycles. The van der Waals surface area contributed by atoms with Crippen molar-refractivity contribution in [3.63, 3.8) is 0 Å². The molecule has 1 aliphatic heterocycles. The molecule has 80 valence electrons. The Balaban J connectivity index is 2.32. The molecule has 1 aliphatic rings. The van der Waals surface area contributed by atoms with Gasteiger partial charge >= 0.3 is 0 Å². The number of benzene rings is 1. The van der Waals surface area contributed by atoms with E-state index in [1.165, 1.54) is 6.92 Å². The number of ether oxygens (including phenoxy) is 1. The first-order valence-corrected chi connectivity index (χ1v) is 5.65. The zero-order valence-electron chi connectivity index (χ0n) is 8.42. The fraction of sp³-hybridized carbons (Fsp3) is 0.364. The van der Waals surface area contributed by atoms with Crippen LogP contribution in [0, 0.1) is 0 Å². The third kappa shape index (κ3) is 2.31. The molecular formula is C11H12BrNO2. The Kier molecular flexibility index (Phi) is 2.95. The summed E-state index contributed by atoms with van der Waals surface area (Å²) in [7, 11) is 0. The van der Waals surface area contributed by atoms with Crippen LogP contribution in [0.2, 0.25) is 0 Å². The molecule has 4 heteroatoms. The topological polar surface area (TPSA) is 38.3 Å². The zero-order valence-corrected chi connectivity index (χ0v) is 10.0. The molecule has 2 rings (SSSR count). The van der Waals surface area contributed by atoms with Crippen LogP contribution in [0.25, 0.3) is 0 Å². The van der Waals surface area contributed by atoms with Crippen LogP contribution in [0.1, 0.15) is 24.9 Å². The predicted octanol–water partition coefficient (Wildman–Crippen LogP) is 2.41. The standard InChI is InChI=1S/C11H12BrNO2/c1-7(14)13-10-4-5-15-11-3-2-8(12)6-9(10)11/h2-3,6,10H,4-5H2,1H3,(H,13,14). The number of hydrogen-bond donors (Lipinski definition) is 1. The molecule has 1 amide bonds. The third-order valence-electron chi connectivity index (χ3n) is 2.39. The van der Waals surface area contributed by atoms with Gasteiger partial charge in [-0.2, -0.15) is 0 Å². The maximum atomic E-state index is 11.0. The van der Waals surface area contributed by atoms with E-state index in [0.717, 1.165) is 22.2 Å². The van der Waals surface area contributed by atoms with Crippen LogP contribution in [0.15, 0.2) is 22.7 Å². The van der Waals surface area contributed by atoms with Crippen molar-refractivity contribution in [2.45, 2.75) is 19.4 Å². The number of amides is 1. The van der Waals surface area contributed by atoms with E-state index in [1.807, 2.05) is 18.2 Å². The fourth-order valence-corrected chi connectivity index (χ4v) is 2.14. The van der Waals surface area contributed by atoms with Crippen molar-refractivity contribution >= 4 is 21.8 Å². The molecule has 1 N–H and O–H groups in total. The van der Waals surface area contributed by atoms with Crippen molar-refractivity contribution in [3.8, 4) is 5.75 Å². The van der Waals surface area contributed by atoms with Crippen LogP contribution < -0.4 is 10.1 Å². The molecular weight excluding hydrogens is 258 g/mol. The molecule has 0 saturated carbocycles. The molecule has 3 nitrogen and oxygen atoms in total. The SMILES string of the molecule is CC(=O)NC1CCOc2ccc(Br)cc21. The summed E-state index contributed by atoms with van der Waals surface area (Å²) < 4.78 is 6.52. The van der Waals surface area contributed by atoms with Crippen molar-refractivity contribution in [2.75, 3.05) is 6.61 Å². The molecule has 1 atom stereocenters. The molecule has 1 aromatic carbocycles. The Labute approximate surface area is 96.9 Å². The highest BCUT2D eigenvalue weighted by molar-refractivity contribution is 9.10. The minimum Gasteiger partial charge on any atom is -0.493 e. The van der Waals surface area contributed by atoms with Crippen LogP contribution in [0.4, 0.5) is 0 Å². The number of carbonyl (C=O) groups excluding carboxylic acids is 1. The smallest absolute Gasteiger partial charge is 0.217 e. The molecule has 0 fully saturated rings. The summed E-state index contributed by atoms with van der Waals surface area (Å²) in [6.45, 7) is 2.19. The zero-order chi connectivity index (χ0) is 10.8. The summed E-state index contributed by atoms with van der Waals surface area (Å²) in [6.07, 6.45) is 0.822. The summed E-state index contributed by atoms with van der Waals surface area (Å²) in [5, 5.41) is 2.93. The lowest BCUT2D eigenvalue weighted by Crippen LogP contribution is -2.30. The number of nitrogens with one attached hydrogen (secondary N) is 1. The molecule has 1 aromatic rings. The van der Waals surface area contributed by atoms with E-state index in [4.69, 9.17) is 4.74 Å². The highest BCUT2D eigenvalue weighted by atomic mass is 79.9. The number of fused-ring (bicyclic) bond motifs is 1. The molecule has 0 spiro atoms. The van der Waals surface area contributed by atoms with Crippen molar-refractivity contribution in [3.05, 3.63) is 28.2 Å². The molecule has 15 heavy (non-hydrogen) atoms. The Hall–Kier alpha value is -1.03. The van der Waals surface area contributed by atoms with Gasteiger partial charge in [0.25, 0.3) is 0 Å². The lowest BCUT2D eigenvalue weighted by molar-refractivity contribution is -0.119. The predicted molar refractivity (Wildman–Crippen MR) is 60.8 cm³/mol. The van der Waals surface area contributed by atoms with Crippen molar-refractivity contribution < 1.29 is 9.53 Å². The van der Waals surface area contributed by atoms with Gasteiger partial charge in [0, 0.05) is 23.4 Å². The summed E-state index contributed by atoms with van der Waals surface area (Å²) in [5.74, 6) is 0.857. The fourth-order valence-electron chi connectivity index (χ4n) is 1.76. The average molecular weight is 270 g/mol. The van der Waals surface area contributed by atoms with Gasteiger partial charge in [-0.05, 0) is 18.2 Å². The highest BCUT2D eigenvalue weighted by Gasteiger charge is 2.21. The van der Waals surface area contributed by atoms with Crippen LogP contribution >= 0.6 is 15.9 Å². The first-order valence-electron chi connectivity index (χ1n) is 4.86. The number of rotatable bonds is 1. The summed E-state index contributed by atoms with van der Waals surface area (Å²) in [5.41, 5.74) is 1.05. The second-order valence-electron chi connectivity index (χ2n) is 3.57. The van der Waals surface area contributed by atoms with Crippen molar-refractivity contribution in [2.24, 2.45) is 0 Å². The van der Waals surface area contributed by atoms with Gasteiger partial charge in [0.2, 0.25) is 5.91 Å². The summed E-state index contributed by atoms with van der Waals surface area (Å²) in [4.78, 5) is 11.0. The summed E-state index contributed by atoms with van der Waals surface area (Å²) >= 11 is 3.42. The third-order valence-corrected chi connectivity index (χ3v) is 2.88. The molecule has 0 bridgehead atoms. The number of halogens is 1. The molecule has 0 aliphatic carbocycles.